The fourth-order valence-electron chi connectivity index (χ4n) is 3.32. The number of carbonyl (C=O) groups excluding carboxylic acids is 3. The van der Waals surface area contributed by atoms with Gasteiger partial charge in [-0.25, -0.2) is 4.79 Å². The second kappa shape index (κ2) is 9.56. The Balaban J connectivity index is 1.65. The number of nitrogens with one attached hydrogen (secondary N) is 1. The molecule has 0 radical (unpaired) electrons. The number of anilines is 1. The summed E-state index contributed by atoms with van der Waals surface area (Å²) in [5.41, 5.74) is 1.01. The second-order valence-electron chi connectivity index (χ2n) is 6.79. The molecule has 29 heavy (non-hydrogen) atoms. The Morgan fingerprint density at radius 1 is 1.17 bits per heavy atom. The van der Waals surface area contributed by atoms with Gasteiger partial charge in [0, 0.05) is 26.2 Å². The molecule has 1 fully saturated rings. The molecule has 154 valence electrons. The van der Waals surface area contributed by atoms with Crippen molar-refractivity contribution in [3.05, 3.63) is 52.2 Å². The third-order valence-electron chi connectivity index (χ3n) is 4.90. The van der Waals surface area contributed by atoms with Crippen LogP contribution in [0, 0.1) is 0 Å². The zero-order chi connectivity index (χ0) is 20.8. The maximum atomic E-state index is 12.9. The van der Waals surface area contributed by atoms with Crippen LogP contribution in [0.5, 0.6) is 0 Å². The topological polar surface area (TPSA) is 79.0 Å². The van der Waals surface area contributed by atoms with Crippen LogP contribution in [0.15, 0.2) is 41.8 Å². The van der Waals surface area contributed by atoms with Gasteiger partial charge in [0.2, 0.25) is 0 Å². The van der Waals surface area contributed by atoms with Crippen molar-refractivity contribution in [1.29, 1.82) is 0 Å². The van der Waals surface area contributed by atoms with Gasteiger partial charge in [-0.3, -0.25) is 9.59 Å². The van der Waals surface area contributed by atoms with Crippen molar-refractivity contribution >= 4 is 34.9 Å². The summed E-state index contributed by atoms with van der Waals surface area (Å²) in [6.45, 7) is 3.22. The van der Waals surface area contributed by atoms with Gasteiger partial charge in [0.25, 0.3) is 11.8 Å². The summed E-state index contributed by atoms with van der Waals surface area (Å²) >= 11 is 1.37. The first-order valence-corrected chi connectivity index (χ1v) is 10.5. The van der Waals surface area contributed by atoms with Gasteiger partial charge in [0.15, 0.2) is 0 Å². The van der Waals surface area contributed by atoms with Gasteiger partial charge in [-0.2, -0.15) is 0 Å². The van der Waals surface area contributed by atoms with E-state index in [2.05, 4.69) is 5.32 Å². The summed E-state index contributed by atoms with van der Waals surface area (Å²) in [7, 11) is 1.67. The van der Waals surface area contributed by atoms with Gasteiger partial charge in [-0.1, -0.05) is 18.2 Å². The Morgan fingerprint density at radius 3 is 2.55 bits per heavy atom. The number of likely N-dealkylation sites (tertiary alicyclic amines) is 1. The lowest BCUT2D eigenvalue weighted by Gasteiger charge is -2.31. The summed E-state index contributed by atoms with van der Waals surface area (Å²) in [4.78, 5) is 41.2. The summed E-state index contributed by atoms with van der Waals surface area (Å²) in [6, 6.07) is 10.6. The van der Waals surface area contributed by atoms with Crippen molar-refractivity contribution in [3.8, 4) is 0 Å². The van der Waals surface area contributed by atoms with Crippen LogP contribution in [0.3, 0.4) is 0 Å². The SMILES string of the molecule is CCOC(=O)N1CCC(NC(=O)c2ccccc2N(C)C(=O)c2cccs2)CC1. The molecule has 1 aromatic heterocycles. The molecule has 0 saturated carbocycles. The molecule has 1 N–H and O–H groups in total. The molecule has 0 aliphatic carbocycles. The van der Waals surface area contributed by atoms with Crippen LogP contribution in [-0.4, -0.2) is 55.6 Å². The summed E-state index contributed by atoms with van der Waals surface area (Å²) in [5, 5.41) is 4.89. The molecule has 2 heterocycles. The van der Waals surface area contributed by atoms with Crippen LogP contribution in [-0.2, 0) is 4.74 Å². The second-order valence-corrected chi connectivity index (χ2v) is 7.74. The molecule has 0 bridgehead atoms. The first-order valence-electron chi connectivity index (χ1n) is 9.64. The number of thiophene rings is 1. The number of hydrogen-bond acceptors (Lipinski definition) is 5. The Bertz CT molecular complexity index is 861. The lowest BCUT2D eigenvalue weighted by molar-refractivity contribution is 0.0860. The van der Waals surface area contributed by atoms with Crippen LogP contribution >= 0.6 is 11.3 Å². The monoisotopic (exact) mass is 415 g/mol. The number of para-hydroxylation sites is 1. The quantitative estimate of drug-likeness (QED) is 0.812. The number of rotatable bonds is 5. The largest absolute Gasteiger partial charge is 0.450 e. The smallest absolute Gasteiger partial charge is 0.409 e. The summed E-state index contributed by atoms with van der Waals surface area (Å²) in [6.07, 6.45) is 1.02. The average Bonchev–Trinajstić information content (AvgIpc) is 3.28. The van der Waals surface area contributed by atoms with Crippen LogP contribution in [0.1, 0.15) is 39.8 Å². The average molecular weight is 416 g/mol. The lowest BCUT2D eigenvalue weighted by atomic mass is 10.0. The normalized spacial score (nSPS) is 14.3. The maximum Gasteiger partial charge on any atom is 0.409 e. The first kappa shape index (κ1) is 20.9. The van der Waals surface area contributed by atoms with Gasteiger partial charge >= 0.3 is 6.09 Å². The molecule has 8 heteroatoms. The van der Waals surface area contributed by atoms with Gasteiger partial charge in [0.1, 0.15) is 0 Å². The van der Waals surface area contributed by atoms with Gasteiger partial charge in [-0.15, -0.1) is 11.3 Å². The predicted octanol–water partition coefficient (Wildman–Crippen LogP) is 3.38. The molecule has 7 nitrogen and oxygen atoms in total. The molecular weight excluding hydrogens is 390 g/mol. The van der Waals surface area contributed by atoms with E-state index in [1.807, 2.05) is 17.5 Å². The van der Waals surface area contributed by atoms with E-state index in [1.165, 1.54) is 16.2 Å². The summed E-state index contributed by atoms with van der Waals surface area (Å²) in [5.74, 6) is -0.371. The number of amides is 3. The molecule has 1 aromatic carbocycles. The Morgan fingerprint density at radius 2 is 1.90 bits per heavy atom. The maximum absolute atomic E-state index is 12.9. The fraction of sp³-hybridized carbons (Fsp3) is 0.381. The van der Waals surface area contributed by atoms with E-state index in [0.717, 1.165) is 0 Å². The minimum absolute atomic E-state index is 0.0282. The van der Waals surface area contributed by atoms with E-state index in [0.29, 0.717) is 48.7 Å². The number of benzene rings is 1. The Labute approximate surface area is 174 Å². The van der Waals surface area contributed by atoms with Crippen molar-refractivity contribution in [1.82, 2.24) is 10.2 Å². The van der Waals surface area contributed by atoms with E-state index < -0.39 is 0 Å². The molecule has 0 spiro atoms. The van der Waals surface area contributed by atoms with E-state index in [4.69, 9.17) is 4.74 Å². The fourth-order valence-corrected chi connectivity index (χ4v) is 4.02. The molecule has 1 aliphatic rings. The molecule has 1 aliphatic heterocycles. The van der Waals surface area contributed by atoms with Crippen LogP contribution < -0.4 is 10.2 Å². The third-order valence-corrected chi connectivity index (χ3v) is 5.76. The highest BCUT2D eigenvalue weighted by molar-refractivity contribution is 7.12. The van der Waals surface area contributed by atoms with E-state index in [9.17, 15) is 14.4 Å². The molecule has 3 amide bonds. The van der Waals surface area contributed by atoms with Crippen molar-refractivity contribution < 1.29 is 19.1 Å². The molecule has 2 aromatic rings. The minimum Gasteiger partial charge on any atom is -0.450 e. The standard InChI is InChI=1S/C21H25N3O4S/c1-3-28-21(27)24-12-10-15(11-13-24)22-19(25)16-7-4-5-8-17(16)23(2)20(26)18-9-6-14-29-18/h4-9,14-15H,3,10-13H2,1-2H3,(H,22,25). The van der Waals surface area contributed by atoms with Crippen molar-refractivity contribution in [3.63, 3.8) is 0 Å². The molecule has 0 unspecified atom stereocenters. The van der Waals surface area contributed by atoms with Crippen LogP contribution in [0.25, 0.3) is 0 Å². The number of piperidine rings is 1. The third kappa shape index (κ3) is 4.95. The van der Waals surface area contributed by atoms with Crippen LogP contribution in [0.4, 0.5) is 10.5 Å². The van der Waals surface area contributed by atoms with E-state index in [-0.39, 0.29) is 23.9 Å². The number of nitrogens with zero attached hydrogens (tertiary/aromatic N) is 2. The highest BCUT2D eigenvalue weighted by Crippen LogP contribution is 2.23. The highest BCUT2D eigenvalue weighted by Gasteiger charge is 2.26. The first-order chi connectivity index (χ1) is 14.0. The molecule has 0 atom stereocenters. The van der Waals surface area contributed by atoms with Crippen molar-refractivity contribution in [2.45, 2.75) is 25.8 Å². The number of ether oxygens (including phenoxy) is 1. The Hall–Kier alpha value is -2.87. The van der Waals surface area contributed by atoms with Crippen molar-refractivity contribution in [2.75, 3.05) is 31.6 Å². The zero-order valence-electron chi connectivity index (χ0n) is 16.6. The minimum atomic E-state index is -0.309. The predicted molar refractivity (Wildman–Crippen MR) is 113 cm³/mol. The number of carbonyl (C=O) groups is 3. The van der Waals surface area contributed by atoms with Crippen LogP contribution in [0.2, 0.25) is 0 Å². The van der Waals surface area contributed by atoms with Gasteiger partial charge in [0.05, 0.1) is 22.7 Å². The summed E-state index contributed by atoms with van der Waals surface area (Å²) < 4.78 is 5.03. The Kier molecular flexibility index (Phi) is 6.87. The molecular formula is C21H25N3O4S. The molecule has 3 rings (SSSR count). The highest BCUT2D eigenvalue weighted by atomic mass is 32.1. The lowest BCUT2D eigenvalue weighted by Crippen LogP contribution is -2.46. The zero-order valence-corrected chi connectivity index (χ0v) is 17.4. The van der Waals surface area contributed by atoms with Crippen molar-refractivity contribution in [2.24, 2.45) is 0 Å². The van der Waals surface area contributed by atoms with E-state index >= 15 is 0 Å². The van der Waals surface area contributed by atoms with Gasteiger partial charge < -0.3 is 19.9 Å². The van der Waals surface area contributed by atoms with E-state index in [1.54, 1.807) is 43.1 Å². The number of hydrogen-bond donors (Lipinski definition) is 1. The van der Waals surface area contributed by atoms with Gasteiger partial charge in [-0.05, 0) is 43.3 Å². The molecule has 1 saturated heterocycles.